The van der Waals surface area contributed by atoms with Crippen LogP contribution in [0.25, 0.3) is 5.69 Å². The van der Waals surface area contributed by atoms with Gasteiger partial charge in [-0.2, -0.15) is 5.21 Å². The molecule has 0 saturated carbocycles. The van der Waals surface area contributed by atoms with Crippen LogP contribution in [0.3, 0.4) is 0 Å². The molecule has 120 valence electrons. The Bertz CT molecular complexity index is 758. The second-order valence-corrected chi connectivity index (χ2v) is 4.58. The SMILES string of the molecule is C/C=C/C(=O)Nc1cccc(-n2[nH]nnc2=S)c1.C=C/C=C\C. The molecule has 0 radical (unpaired) electrons. The van der Waals surface area contributed by atoms with E-state index in [1.807, 2.05) is 31.2 Å². The highest BCUT2D eigenvalue weighted by atomic mass is 32.1. The first-order valence-corrected chi connectivity index (χ1v) is 7.31. The van der Waals surface area contributed by atoms with Crippen molar-refractivity contribution in [3.63, 3.8) is 0 Å². The van der Waals surface area contributed by atoms with E-state index in [4.69, 9.17) is 12.2 Å². The Morgan fingerprint density at radius 1 is 1.39 bits per heavy atom. The van der Waals surface area contributed by atoms with Crippen LogP contribution in [0.1, 0.15) is 13.8 Å². The number of nitrogens with zero attached hydrogens (tertiary/aromatic N) is 3. The Labute approximate surface area is 140 Å². The first kappa shape index (κ1) is 18.2. The van der Waals surface area contributed by atoms with Gasteiger partial charge in [0.25, 0.3) is 0 Å². The third-order valence-electron chi connectivity index (χ3n) is 2.49. The summed E-state index contributed by atoms with van der Waals surface area (Å²) in [6, 6.07) is 7.21. The van der Waals surface area contributed by atoms with Crippen molar-refractivity contribution in [1.82, 2.24) is 20.2 Å². The second kappa shape index (κ2) is 10.0. The van der Waals surface area contributed by atoms with Crippen LogP contribution in [0.2, 0.25) is 0 Å². The quantitative estimate of drug-likeness (QED) is 0.511. The summed E-state index contributed by atoms with van der Waals surface area (Å²) in [5.41, 5.74) is 1.43. The number of carbonyl (C=O) groups is 1. The second-order valence-electron chi connectivity index (χ2n) is 4.22. The molecule has 0 spiro atoms. The average Bonchev–Trinajstić information content (AvgIpc) is 2.95. The minimum Gasteiger partial charge on any atom is -0.322 e. The van der Waals surface area contributed by atoms with Crippen LogP contribution in [-0.4, -0.2) is 26.1 Å². The number of allylic oxidation sites excluding steroid dienone is 4. The van der Waals surface area contributed by atoms with Gasteiger partial charge in [-0.1, -0.05) is 47.3 Å². The number of tetrazole rings is 1. The largest absolute Gasteiger partial charge is 0.322 e. The molecule has 1 amide bonds. The Morgan fingerprint density at radius 2 is 2.17 bits per heavy atom. The summed E-state index contributed by atoms with van der Waals surface area (Å²) in [5, 5.41) is 12.7. The third-order valence-corrected chi connectivity index (χ3v) is 2.75. The molecule has 7 heteroatoms. The summed E-state index contributed by atoms with van der Waals surface area (Å²) in [7, 11) is 0. The Hall–Kier alpha value is -2.80. The van der Waals surface area contributed by atoms with Gasteiger partial charge in [0.15, 0.2) is 0 Å². The maximum Gasteiger partial charge on any atom is 0.248 e. The maximum atomic E-state index is 11.4. The van der Waals surface area contributed by atoms with Gasteiger partial charge >= 0.3 is 0 Å². The smallest absolute Gasteiger partial charge is 0.248 e. The van der Waals surface area contributed by atoms with E-state index in [1.165, 1.54) is 6.08 Å². The lowest BCUT2D eigenvalue weighted by Crippen LogP contribution is -2.08. The lowest BCUT2D eigenvalue weighted by atomic mass is 10.2. The van der Waals surface area contributed by atoms with Crippen molar-refractivity contribution in [3.8, 4) is 5.69 Å². The van der Waals surface area contributed by atoms with Gasteiger partial charge in [0.05, 0.1) is 5.69 Å². The van der Waals surface area contributed by atoms with E-state index < -0.39 is 0 Å². The van der Waals surface area contributed by atoms with Crippen molar-refractivity contribution in [2.24, 2.45) is 0 Å². The van der Waals surface area contributed by atoms with Gasteiger partial charge in [-0.25, -0.2) is 4.68 Å². The van der Waals surface area contributed by atoms with Crippen LogP contribution in [0.5, 0.6) is 0 Å². The molecule has 0 bridgehead atoms. The first-order valence-electron chi connectivity index (χ1n) is 6.90. The predicted octanol–water partition coefficient (Wildman–Crippen LogP) is 3.59. The number of benzene rings is 1. The number of H-pyrrole nitrogens is 1. The third kappa shape index (κ3) is 6.23. The Balaban J connectivity index is 0.000000463. The van der Waals surface area contributed by atoms with Crippen LogP contribution in [0.4, 0.5) is 5.69 Å². The molecule has 2 N–H and O–H groups in total. The molecule has 6 nitrogen and oxygen atoms in total. The molecule has 2 aromatic rings. The monoisotopic (exact) mass is 329 g/mol. The molecule has 0 aliphatic carbocycles. The molecule has 1 aromatic carbocycles. The number of carbonyl (C=O) groups excluding carboxylic acids is 1. The number of rotatable bonds is 4. The van der Waals surface area contributed by atoms with E-state index in [0.29, 0.717) is 10.5 Å². The molecule has 0 aliphatic rings. The summed E-state index contributed by atoms with van der Waals surface area (Å²) in [4.78, 5) is 11.4. The standard InChI is InChI=1S/C11H11N5OS.C5H8/c1-2-4-10(17)12-8-5-3-6-9(7-8)16-11(18)13-14-15-16;1-3-5-4-2/h2-7H,1H3,(H,12,17)(H,13,15,18);3-5H,1H2,2H3/b4-2+;5-4-. The Kier molecular flexibility index (Phi) is 7.95. The van der Waals surface area contributed by atoms with Gasteiger partial charge in [-0.3, -0.25) is 4.79 Å². The van der Waals surface area contributed by atoms with E-state index in [2.05, 4.69) is 27.4 Å². The summed E-state index contributed by atoms with van der Waals surface area (Å²) < 4.78 is 1.87. The molecule has 2 rings (SSSR count). The lowest BCUT2D eigenvalue weighted by Gasteiger charge is -2.05. The fraction of sp³-hybridized carbons (Fsp3) is 0.125. The van der Waals surface area contributed by atoms with Crippen molar-refractivity contribution in [3.05, 3.63) is 66.0 Å². The number of hydrogen-bond acceptors (Lipinski definition) is 4. The van der Waals surface area contributed by atoms with Crippen LogP contribution in [0, 0.1) is 4.77 Å². The molecule has 1 aromatic heterocycles. The summed E-state index contributed by atoms with van der Waals surface area (Å²) in [5.74, 6) is -0.180. The van der Waals surface area contributed by atoms with Gasteiger partial charge in [0.2, 0.25) is 10.7 Å². The predicted molar refractivity (Wildman–Crippen MR) is 95.0 cm³/mol. The highest BCUT2D eigenvalue weighted by Gasteiger charge is 2.02. The van der Waals surface area contributed by atoms with Gasteiger partial charge in [-0.15, -0.1) is 0 Å². The van der Waals surface area contributed by atoms with Crippen LogP contribution >= 0.6 is 12.2 Å². The van der Waals surface area contributed by atoms with E-state index in [0.717, 1.165) is 5.69 Å². The number of nitrogens with one attached hydrogen (secondary N) is 2. The van der Waals surface area contributed by atoms with Crippen molar-refractivity contribution in [1.29, 1.82) is 0 Å². The van der Waals surface area contributed by atoms with Crippen molar-refractivity contribution in [2.45, 2.75) is 13.8 Å². The molecule has 0 atom stereocenters. The Morgan fingerprint density at radius 3 is 2.70 bits per heavy atom. The van der Waals surface area contributed by atoms with Crippen LogP contribution < -0.4 is 5.32 Å². The summed E-state index contributed by atoms with van der Waals surface area (Å²) >= 11 is 5.00. The number of aromatic nitrogens is 4. The van der Waals surface area contributed by atoms with Crippen LogP contribution in [0.15, 0.2) is 61.2 Å². The molecule has 0 saturated heterocycles. The fourth-order valence-corrected chi connectivity index (χ4v) is 1.75. The van der Waals surface area contributed by atoms with E-state index >= 15 is 0 Å². The molecule has 0 fully saturated rings. The molecule has 0 aliphatic heterocycles. The minimum absolute atomic E-state index is 0.180. The molecular weight excluding hydrogens is 310 g/mol. The zero-order valence-electron chi connectivity index (χ0n) is 13.1. The van der Waals surface area contributed by atoms with E-state index in [1.54, 1.807) is 35.9 Å². The average molecular weight is 329 g/mol. The lowest BCUT2D eigenvalue weighted by molar-refractivity contribution is -0.111. The van der Waals surface area contributed by atoms with E-state index in [9.17, 15) is 4.79 Å². The topological polar surface area (TPSA) is 75.6 Å². The summed E-state index contributed by atoms with van der Waals surface area (Å²) in [6.07, 6.45) is 8.71. The number of aromatic amines is 1. The molecular formula is C16H19N5OS. The maximum absolute atomic E-state index is 11.4. The number of amides is 1. The number of anilines is 1. The van der Waals surface area contributed by atoms with Crippen molar-refractivity contribution in [2.75, 3.05) is 5.32 Å². The van der Waals surface area contributed by atoms with Crippen molar-refractivity contribution < 1.29 is 4.79 Å². The summed E-state index contributed by atoms with van der Waals surface area (Å²) in [6.45, 7) is 7.21. The van der Waals surface area contributed by atoms with Gasteiger partial charge < -0.3 is 5.32 Å². The highest BCUT2D eigenvalue weighted by molar-refractivity contribution is 7.71. The highest BCUT2D eigenvalue weighted by Crippen LogP contribution is 2.13. The molecule has 23 heavy (non-hydrogen) atoms. The van der Waals surface area contributed by atoms with Gasteiger partial charge in [0.1, 0.15) is 0 Å². The minimum atomic E-state index is -0.180. The molecule has 0 unspecified atom stereocenters. The normalized spacial score (nSPS) is 10.3. The number of hydrogen-bond donors (Lipinski definition) is 2. The van der Waals surface area contributed by atoms with Crippen LogP contribution in [-0.2, 0) is 4.79 Å². The zero-order valence-corrected chi connectivity index (χ0v) is 13.9. The zero-order chi connectivity index (χ0) is 17.1. The first-order chi connectivity index (χ1) is 11.1. The van der Waals surface area contributed by atoms with Gasteiger partial charge in [-0.05, 0) is 50.3 Å². The van der Waals surface area contributed by atoms with Crippen molar-refractivity contribution >= 4 is 23.8 Å². The molecule has 1 heterocycles. The van der Waals surface area contributed by atoms with Gasteiger partial charge in [0, 0.05) is 5.69 Å². The fourth-order valence-electron chi connectivity index (χ4n) is 1.56. The van der Waals surface area contributed by atoms with E-state index in [-0.39, 0.29) is 5.91 Å².